The normalized spacial score (nSPS) is 19.7. The predicted octanol–water partition coefficient (Wildman–Crippen LogP) is 0.553. The van der Waals surface area contributed by atoms with Gasteiger partial charge in [0.1, 0.15) is 0 Å². The fourth-order valence-corrected chi connectivity index (χ4v) is 2.28. The third-order valence-corrected chi connectivity index (χ3v) is 3.62. The molecule has 19 heavy (non-hydrogen) atoms. The van der Waals surface area contributed by atoms with E-state index >= 15 is 0 Å². The van der Waals surface area contributed by atoms with Crippen LogP contribution in [0.25, 0.3) is 0 Å². The molecule has 2 N–H and O–H groups in total. The van der Waals surface area contributed by atoms with Gasteiger partial charge in [-0.15, -0.1) is 0 Å². The first-order valence-electron chi connectivity index (χ1n) is 6.83. The number of hydrogen-bond acceptors (Lipinski definition) is 4. The Balaban J connectivity index is 1.89. The summed E-state index contributed by atoms with van der Waals surface area (Å²) in [6, 6.07) is 3.78. The van der Waals surface area contributed by atoms with E-state index in [4.69, 9.17) is 0 Å². The van der Waals surface area contributed by atoms with E-state index in [2.05, 4.69) is 20.5 Å². The van der Waals surface area contributed by atoms with Gasteiger partial charge in [-0.2, -0.15) is 0 Å². The van der Waals surface area contributed by atoms with E-state index in [9.17, 15) is 4.79 Å². The van der Waals surface area contributed by atoms with Crippen molar-refractivity contribution in [1.29, 1.82) is 0 Å². The van der Waals surface area contributed by atoms with Crippen molar-refractivity contribution >= 4 is 5.91 Å². The van der Waals surface area contributed by atoms with Crippen molar-refractivity contribution in [3.05, 3.63) is 30.1 Å². The molecule has 0 aromatic carbocycles. The average molecular weight is 262 g/mol. The summed E-state index contributed by atoms with van der Waals surface area (Å²) in [5, 5.41) is 6.35. The van der Waals surface area contributed by atoms with Gasteiger partial charge in [0.05, 0.1) is 12.1 Å². The molecule has 0 bridgehead atoms. The zero-order valence-electron chi connectivity index (χ0n) is 11.6. The molecule has 0 saturated carbocycles. The summed E-state index contributed by atoms with van der Waals surface area (Å²) in [7, 11) is 0. The Kier molecular flexibility index (Phi) is 4.87. The van der Waals surface area contributed by atoms with E-state index in [-0.39, 0.29) is 18.0 Å². The van der Waals surface area contributed by atoms with Crippen LogP contribution in [-0.4, -0.2) is 48.0 Å². The second-order valence-electron chi connectivity index (χ2n) is 4.98. The summed E-state index contributed by atoms with van der Waals surface area (Å²) in [6.07, 6.45) is 3.53. The Bertz CT molecular complexity index is 403. The number of nitrogens with one attached hydrogen (secondary N) is 2. The fraction of sp³-hybridized carbons (Fsp3) is 0.571. The van der Waals surface area contributed by atoms with Crippen molar-refractivity contribution in [2.24, 2.45) is 0 Å². The van der Waals surface area contributed by atoms with E-state index in [0.717, 1.165) is 31.7 Å². The standard InChI is InChI=1S/C14H22N4O/c1-11(13-4-3-5-16-10-13)17-14(19)12(2)18-8-6-15-7-9-18/h3-5,10-12,15H,6-9H2,1-2H3,(H,17,19). The van der Waals surface area contributed by atoms with Gasteiger partial charge in [-0.25, -0.2) is 0 Å². The van der Waals surface area contributed by atoms with Crippen molar-refractivity contribution in [3.8, 4) is 0 Å². The van der Waals surface area contributed by atoms with Gasteiger partial charge < -0.3 is 10.6 Å². The van der Waals surface area contributed by atoms with Crippen LogP contribution in [-0.2, 0) is 4.79 Å². The number of carbonyl (C=O) groups is 1. The molecule has 5 nitrogen and oxygen atoms in total. The molecule has 1 saturated heterocycles. The Hall–Kier alpha value is -1.46. The molecule has 1 aliphatic heterocycles. The zero-order valence-corrected chi connectivity index (χ0v) is 11.6. The number of nitrogens with zero attached hydrogens (tertiary/aromatic N) is 2. The van der Waals surface area contributed by atoms with Crippen LogP contribution in [0, 0.1) is 0 Å². The summed E-state index contributed by atoms with van der Waals surface area (Å²) >= 11 is 0. The Morgan fingerprint density at radius 3 is 2.79 bits per heavy atom. The topological polar surface area (TPSA) is 57.3 Å². The molecular weight excluding hydrogens is 240 g/mol. The lowest BCUT2D eigenvalue weighted by atomic mass is 10.1. The van der Waals surface area contributed by atoms with E-state index in [1.165, 1.54) is 0 Å². The molecule has 2 unspecified atom stereocenters. The monoisotopic (exact) mass is 262 g/mol. The molecule has 1 aromatic rings. The quantitative estimate of drug-likeness (QED) is 0.832. The van der Waals surface area contributed by atoms with Gasteiger partial charge >= 0.3 is 0 Å². The van der Waals surface area contributed by atoms with Gasteiger partial charge in [0.15, 0.2) is 0 Å². The first-order valence-corrected chi connectivity index (χ1v) is 6.83. The average Bonchev–Trinajstić information content (AvgIpc) is 2.48. The van der Waals surface area contributed by atoms with Crippen molar-refractivity contribution in [1.82, 2.24) is 20.5 Å². The summed E-state index contributed by atoms with van der Waals surface area (Å²) in [5.41, 5.74) is 1.03. The first kappa shape index (κ1) is 14.0. The molecule has 1 fully saturated rings. The summed E-state index contributed by atoms with van der Waals surface area (Å²) in [6.45, 7) is 7.72. The highest BCUT2D eigenvalue weighted by molar-refractivity contribution is 5.81. The van der Waals surface area contributed by atoms with Gasteiger partial charge in [-0.05, 0) is 25.5 Å². The highest BCUT2D eigenvalue weighted by atomic mass is 16.2. The van der Waals surface area contributed by atoms with Crippen molar-refractivity contribution in [2.75, 3.05) is 26.2 Å². The lowest BCUT2D eigenvalue weighted by molar-refractivity contribution is -0.126. The van der Waals surface area contributed by atoms with Crippen LogP contribution in [0.3, 0.4) is 0 Å². The van der Waals surface area contributed by atoms with Crippen LogP contribution in [0.2, 0.25) is 0 Å². The van der Waals surface area contributed by atoms with Crippen LogP contribution in [0.15, 0.2) is 24.5 Å². The fourth-order valence-electron chi connectivity index (χ4n) is 2.28. The third kappa shape index (κ3) is 3.75. The van der Waals surface area contributed by atoms with Crippen LogP contribution in [0.5, 0.6) is 0 Å². The molecule has 104 valence electrons. The third-order valence-electron chi connectivity index (χ3n) is 3.62. The molecule has 1 amide bonds. The minimum atomic E-state index is -0.0822. The van der Waals surface area contributed by atoms with Gasteiger partial charge in [0.25, 0.3) is 0 Å². The Morgan fingerprint density at radius 1 is 1.42 bits per heavy atom. The molecule has 2 rings (SSSR count). The maximum Gasteiger partial charge on any atom is 0.237 e. The van der Waals surface area contributed by atoms with E-state index < -0.39 is 0 Å². The first-order chi connectivity index (χ1) is 9.18. The number of carbonyl (C=O) groups excluding carboxylic acids is 1. The lowest BCUT2D eigenvalue weighted by Crippen LogP contribution is -2.52. The molecule has 1 aliphatic rings. The molecule has 2 atom stereocenters. The molecule has 0 aliphatic carbocycles. The van der Waals surface area contributed by atoms with Gasteiger partial charge in [-0.3, -0.25) is 14.7 Å². The second kappa shape index (κ2) is 6.63. The summed E-state index contributed by atoms with van der Waals surface area (Å²) in [4.78, 5) is 18.5. The van der Waals surface area contributed by atoms with Gasteiger partial charge in [-0.1, -0.05) is 6.07 Å². The molecule has 0 radical (unpaired) electrons. The SMILES string of the molecule is CC(NC(=O)C(C)N1CCNCC1)c1cccnc1. The molecule has 0 spiro atoms. The van der Waals surface area contributed by atoms with Crippen LogP contribution < -0.4 is 10.6 Å². The lowest BCUT2D eigenvalue weighted by Gasteiger charge is -2.32. The number of rotatable bonds is 4. The van der Waals surface area contributed by atoms with Gasteiger partial charge in [0.2, 0.25) is 5.91 Å². The van der Waals surface area contributed by atoms with Crippen molar-refractivity contribution in [2.45, 2.75) is 25.9 Å². The van der Waals surface area contributed by atoms with Crippen LogP contribution in [0.4, 0.5) is 0 Å². The number of piperazine rings is 1. The van der Waals surface area contributed by atoms with Crippen LogP contribution >= 0.6 is 0 Å². The number of pyridine rings is 1. The van der Waals surface area contributed by atoms with E-state index in [1.807, 2.05) is 26.0 Å². The number of aromatic nitrogens is 1. The molecule has 1 aromatic heterocycles. The highest BCUT2D eigenvalue weighted by Gasteiger charge is 2.23. The predicted molar refractivity (Wildman–Crippen MR) is 74.7 cm³/mol. The largest absolute Gasteiger partial charge is 0.348 e. The van der Waals surface area contributed by atoms with Crippen molar-refractivity contribution < 1.29 is 4.79 Å². The van der Waals surface area contributed by atoms with Crippen molar-refractivity contribution in [3.63, 3.8) is 0 Å². The maximum atomic E-state index is 12.2. The minimum absolute atomic E-state index is 0.00781. The van der Waals surface area contributed by atoms with E-state index in [0.29, 0.717) is 0 Å². The van der Waals surface area contributed by atoms with E-state index in [1.54, 1.807) is 12.4 Å². The summed E-state index contributed by atoms with van der Waals surface area (Å²) < 4.78 is 0. The number of amides is 1. The smallest absolute Gasteiger partial charge is 0.237 e. The molecule has 2 heterocycles. The zero-order chi connectivity index (χ0) is 13.7. The molecular formula is C14H22N4O. The Morgan fingerprint density at radius 2 is 2.16 bits per heavy atom. The Labute approximate surface area is 114 Å². The minimum Gasteiger partial charge on any atom is -0.348 e. The van der Waals surface area contributed by atoms with Gasteiger partial charge in [0, 0.05) is 38.6 Å². The highest BCUT2D eigenvalue weighted by Crippen LogP contribution is 2.11. The summed E-state index contributed by atoms with van der Waals surface area (Å²) in [5.74, 6) is 0.0817. The van der Waals surface area contributed by atoms with Crippen LogP contribution in [0.1, 0.15) is 25.5 Å². The maximum absolute atomic E-state index is 12.2. The molecule has 5 heteroatoms. The second-order valence-corrected chi connectivity index (χ2v) is 4.98. The number of hydrogen-bond donors (Lipinski definition) is 2.